The van der Waals surface area contributed by atoms with Gasteiger partial charge in [0.15, 0.2) is 0 Å². The first-order valence-corrected chi connectivity index (χ1v) is 12.2. The minimum atomic E-state index is -5.83. The van der Waals surface area contributed by atoms with Gasteiger partial charge in [0.2, 0.25) is 0 Å². The maximum Gasteiger partial charge on any atom is 0.465 e. The zero-order valence-corrected chi connectivity index (χ0v) is 18.6. The molecule has 7 N–H and O–H groups in total. The van der Waals surface area contributed by atoms with Crippen LogP contribution < -0.4 is 10.9 Å². The van der Waals surface area contributed by atoms with Crippen LogP contribution in [0.3, 0.4) is 0 Å². The molecule has 0 amide bonds. The largest absolute Gasteiger partial charge is 0.476 e. The van der Waals surface area contributed by atoms with Gasteiger partial charge >= 0.3 is 36.0 Å². The van der Waals surface area contributed by atoms with E-state index in [2.05, 4.69) is 12.1 Å². The Bertz CT molecular complexity index is 668. The van der Waals surface area contributed by atoms with Gasteiger partial charge in [0.1, 0.15) is 0 Å². The fourth-order valence-electron chi connectivity index (χ4n) is 1.45. The lowest BCUT2D eigenvalue weighted by molar-refractivity contribution is -0.154. The molecule has 0 radical (unpaired) electrons. The number of hydrogen-bond donors (Lipinski definition) is 5. The average Bonchev–Trinajstić information content (AvgIpc) is 2.60. The minimum absolute atomic E-state index is 0.737. The second-order valence-corrected chi connectivity index (χ2v) is 9.55. The molecule has 0 rings (SSSR count). The van der Waals surface area contributed by atoms with Crippen LogP contribution in [-0.4, -0.2) is 53.4 Å². The van der Waals surface area contributed by atoms with Crippen LogP contribution in [0.4, 0.5) is 17.6 Å². The third-order valence-electron chi connectivity index (χ3n) is 3.07. The Morgan fingerprint density at radius 2 is 1.23 bits per heavy atom. The molecule has 0 heterocycles. The highest BCUT2D eigenvalue weighted by atomic mass is 32.3. The summed E-state index contributed by atoms with van der Waals surface area (Å²) in [5, 5.41) is 6.59. The molecular formula is C13H28F4N2O8S3. The monoisotopic (exact) mass is 512 g/mol. The van der Waals surface area contributed by atoms with E-state index in [1.807, 2.05) is 0 Å². The smallest absolute Gasteiger partial charge is 0.465 e. The third-order valence-corrected chi connectivity index (χ3v) is 5.69. The Morgan fingerprint density at radius 3 is 1.40 bits per heavy atom. The standard InChI is InChI=1S/C10H23N.C2H2F2O5S.CH3F2NO3S2/c1-2-3-4-5-6-7-8-9-10-11;3-2(4,1(5)6)10(7,8)9;2-1(3,8-4)9(5,6)7/h2-11H2,1H3;(H,5,6)(H,7,8,9);4H2,(H,5,6,7). The number of nitrogens with two attached hydrogens (primary N) is 2. The summed E-state index contributed by atoms with van der Waals surface area (Å²) < 4.78 is 95.7. The highest BCUT2D eigenvalue weighted by Gasteiger charge is 2.52. The normalized spacial score (nSPS) is 12.3. The number of aliphatic carboxylic acids is 1. The fraction of sp³-hybridized carbons (Fsp3) is 0.923. The Kier molecular flexibility index (Phi) is 18.1. The molecule has 0 saturated heterocycles. The number of unbranched alkanes of at least 4 members (excludes halogenated alkanes) is 7. The van der Waals surface area contributed by atoms with Crippen LogP contribution in [0.1, 0.15) is 58.3 Å². The van der Waals surface area contributed by atoms with Crippen molar-refractivity contribution < 1.29 is 53.4 Å². The number of carboxylic acid groups (broad SMARTS) is 1. The lowest BCUT2D eigenvalue weighted by atomic mass is 10.1. The van der Waals surface area contributed by atoms with Crippen LogP contribution in [-0.2, 0) is 25.0 Å². The first kappa shape index (κ1) is 33.9. The average molecular weight is 513 g/mol. The lowest BCUT2D eigenvalue weighted by Gasteiger charge is -2.06. The summed E-state index contributed by atoms with van der Waals surface area (Å²) in [6.45, 7) is 3.13. The predicted molar refractivity (Wildman–Crippen MR) is 104 cm³/mol. The molecule has 0 unspecified atom stereocenters. The summed E-state index contributed by atoms with van der Waals surface area (Å²) in [6.07, 6.45) is 11.0. The summed E-state index contributed by atoms with van der Waals surface area (Å²) in [4.78, 5) is 9.38. The Labute approximate surface area is 177 Å². The topological polar surface area (TPSA) is 198 Å². The molecular weight excluding hydrogens is 484 g/mol. The van der Waals surface area contributed by atoms with E-state index in [0.717, 1.165) is 6.54 Å². The van der Waals surface area contributed by atoms with Crippen molar-refractivity contribution in [3.05, 3.63) is 0 Å². The van der Waals surface area contributed by atoms with Crippen LogP contribution in [0.2, 0.25) is 0 Å². The van der Waals surface area contributed by atoms with Gasteiger partial charge in [0.05, 0.1) is 0 Å². The van der Waals surface area contributed by atoms with Gasteiger partial charge < -0.3 is 10.8 Å². The number of halogens is 4. The predicted octanol–water partition coefficient (Wildman–Crippen LogP) is 2.67. The van der Waals surface area contributed by atoms with E-state index < -0.39 is 48.0 Å². The van der Waals surface area contributed by atoms with Crippen molar-refractivity contribution in [3.8, 4) is 0 Å². The summed E-state index contributed by atoms with van der Waals surface area (Å²) >= 11 is -0.737. The molecule has 0 bridgehead atoms. The van der Waals surface area contributed by atoms with E-state index >= 15 is 0 Å². The summed E-state index contributed by atoms with van der Waals surface area (Å²) in [5.41, 5.74) is 5.39. The van der Waals surface area contributed by atoms with E-state index in [0.29, 0.717) is 0 Å². The quantitative estimate of drug-likeness (QED) is 0.111. The van der Waals surface area contributed by atoms with Crippen LogP contribution >= 0.6 is 11.9 Å². The van der Waals surface area contributed by atoms with Crippen molar-refractivity contribution >= 4 is 38.2 Å². The van der Waals surface area contributed by atoms with Gasteiger partial charge in [-0.1, -0.05) is 51.9 Å². The summed E-state index contributed by atoms with van der Waals surface area (Å²) in [6, 6.07) is 0. The summed E-state index contributed by atoms with van der Waals surface area (Å²) in [5.74, 6) is -2.91. The molecule has 0 aromatic heterocycles. The highest BCUT2D eigenvalue weighted by molar-refractivity contribution is 8.11. The fourth-order valence-corrected chi connectivity index (χ4v) is 2.16. The van der Waals surface area contributed by atoms with Gasteiger partial charge in [-0.25, -0.2) is 4.79 Å². The molecule has 30 heavy (non-hydrogen) atoms. The number of hydrogen-bond acceptors (Lipinski definition) is 8. The number of carbonyl (C=O) groups is 1. The summed E-state index contributed by atoms with van der Waals surface area (Å²) in [7, 11) is -11.2. The van der Waals surface area contributed by atoms with Gasteiger partial charge in [0, 0.05) is 11.9 Å². The zero-order chi connectivity index (χ0) is 24.6. The number of rotatable bonds is 12. The van der Waals surface area contributed by atoms with Gasteiger partial charge in [-0.3, -0.25) is 14.2 Å². The second kappa shape index (κ2) is 16.0. The van der Waals surface area contributed by atoms with Crippen LogP contribution in [0, 0.1) is 0 Å². The SMILES string of the molecule is CCCCCCCCCCN.NSC(F)(F)S(=O)(=O)O.O=C(O)C(F)(F)S(=O)(=O)O. The van der Waals surface area contributed by atoms with Gasteiger partial charge in [0.25, 0.3) is 0 Å². The molecule has 0 aliphatic heterocycles. The van der Waals surface area contributed by atoms with Crippen molar-refractivity contribution in [1.82, 2.24) is 0 Å². The molecule has 0 aliphatic rings. The van der Waals surface area contributed by atoms with Crippen molar-refractivity contribution in [2.75, 3.05) is 6.54 Å². The first-order chi connectivity index (χ1) is 13.4. The zero-order valence-electron chi connectivity index (χ0n) is 16.1. The molecule has 184 valence electrons. The van der Waals surface area contributed by atoms with Crippen molar-refractivity contribution in [3.63, 3.8) is 0 Å². The van der Waals surface area contributed by atoms with E-state index in [9.17, 15) is 39.2 Å². The maximum absolute atomic E-state index is 11.7. The number of carboxylic acids is 1. The first-order valence-electron chi connectivity index (χ1n) is 8.43. The van der Waals surface area contributed by atoms with Gasteiger partial charge in [-0.05, 0) is 13.0 Å². The third kappa shape index (κ3) is 16.0. The second-order valence-electron chi connectivity index (χ2n) is 5.62. The van der Waals surface area contributed by atoms with E-state index in [4.69, 9.17) is 19.9 Å². The van der Waals surface area contributed by atoms with Crippen molar-refractivity contribution in [2.24, 2.45) is 10.9 Å². The van der Waals surface area contributed by atoms with Crippen LogP contribution in [0.25, 0.3) is 0 Å². The van der Waals surface area contributed by atoms with E-state index in [1.165, 1.54) is 51.4 Å². The molecule has 0 saturated carbocycles. The molecule has 0 aromatic carbocycles. The molecule has 0 aliphatic carbocycles. The molecule has 0 atom stereocenters. The van der Waals surface area contributed by atoms with Gasteiger partial charge in [-0.2, -0.15) is 34.4 Å². The van der Waals surface area contributed by atoms with Gasteiger partial charge in [-0.15, -0.1) is 0 Å². The molecule has 10 nitrogen and oxygen atoms in total. The Hall–Kier alpha value is -0.720. The highest BCUT2D eigenvalue weighted by Crippen LogP contribution is 2.29. The Morgan fingerprint density at radius 1 is 0.867 bits per heavy atom. The van der Waals surface area contributed by atoms with Crippen LogP contribution in [0.15, 0.2) is 0 Å². The van der Waals surface area contributed by atoms with E-state index in [-0.39, 0.29) is 0 Å². The molecule has 0 aromatic rings. The molecule has 17 heteroatoms. The lowest BCUT2D eigenvalue weighted by Crippen LogP contribution is -2.36. The maximum atomic E-state index is 11.7. The number of alkyl halides is 4. The molecule has 0 spiro atoms. The van der Waals surface area contributed by atoms with Crippen LogP contribution in [0.5, 0.6) is 0 Å². The minimum Gasteiger partial charge on any atom is -0.476 e. The van der Waals surface area contributed by atoms with Crippen molar-refractivity contribution in [2.45, 2.75) is 68.1 Å². The van der Waals surface area contributed by atoms with E-state index in [1.54, 1.807) is 0 Å². The Balaban J connectivity index is -0.000000366. The van der Waals surface area contributed by atoms with Crippen molar-refractivity contribution in [1.29, 1.82) is 0 Å². The molecule has 0 fully saturated rings.